The Bertz CT molecular complexity index is 705. The maximum Gasteiger partial charge on any atom is 0.306 e. The van der Waals surface area contributed by atoms with E-state index in [9.17, 15) is 14.4 Å². The fourth-order valence-corrected chi connectivity index (χ4v) is 3.54. The molecule has 2 saturated heterocycles. The monoisotopic (exact) mass is 376 g/mol. The number of rotatable bonds is 6. The maximum atomic E-state index is 12.8. The fraction of sp³-hybridized carbons (Fsp3) is 0.526. The Morgan fingerprint density at radius 3 is 2.67 bits per heavy atom. The Balaban J connectivity index is 1.57. The van der Waals surface area contributed by atoms with Gasteiger partial charge in [0.25, 0.3) is 0 Å². The van der Waals surface area contributed by atoms with Crippen LogP contribution in [0.2, 0.25) is 0 Å². The molecule has 0 saturated carbocycles. The van der Waals surface area contributed by atoms with E-state index >= 15 is 0 Å². The number of morpholine rings is 1. The van der Waals surface area contributed by atoms with Gasteiger partial charge in [-0.25, -0.2) is 0 Å². The highest BCUT2D eigenvalue weighted by Gasteiger charge is 2.38. The standard InChI is InChI=1S/C19H24N2O6/c1-26-15-4-2-13(3-5-15)10-21-11-14(8-17(21)22)19(25)20-6-7-27-16(12-20)9-18(23)24/h2-5,14,16H,6-12H2,1H3,(H,23,24)/t14-,16+/m0/s1. The third-order valence-electron chi connectivity index (χ3n) is 4.95. The Kier molecular flexibility index (Phi) is 5.95. The van der Waals surface area contributed by atoms with Crippen molar-refractivity contribution in [2.24, 2.45) is 5.92 Å². The van der Waals surface area contributed by atoms with Crippen molar-refractivity contribution in [3.8, 4) is 5.75 Å². The molecule has 1 aromatic rings. The van der Waals surface area contributed by atoms with Crippen LogP contribution in [0.4, 0.5) is 0 Å². The van der Waals surface area contributed by atoms with Crippen LogP contribution in [-0.4, -0.2) is 72.1 Å². The molecule has 2 aliphatic heterocycles. The first-order valence-corrected chi connectivity index (χ1v) is 8.99. The molecule has 8 heteroatoms. The van der Waals surface area contributed by atoms with E-state index < -0.39 is 12.1 Å². The van der Waals surface area contributed by atoms with Gasteiger partial charge in [-0.15, -0.1) is 0 Å². The predicted octanol–water partition coefficient (Wildman–Crippen LogP) is 0.746. The number of aliphatic carboxylic acids is 1. The number of carboxylic acid groups (broad SMARTS) is 1. The summed E-state index contributed by atoms with van der Waals surface area (Å²) in [6.45, 7) is 1.84. The molecule has 3 rings (SSSR count). The van der Waals surface area contributed by atoms with Gasteiger partial charge in [-0.05, 0) is 17.7 Å². The lowest BCUT2D eigenvalue weighted by atomic mass is 10.1. The van der Waals surface area contributed by atoms with Gasteiger partial charge in [0.1, 0.15) is 5.75 Å². The van der Waals surface area contributed by atoms with Crippen LogP contribution in [0.15, 0.2) is 24.3 Å². The Morgan fingerprint density at radius 1 is 1.26 bits per heavy atom. The predicted molar refractivity (Wildman–Crippen MR) is 95.1 cm³/mol. The highest BCUT2D eigenvalue weighted by Crippen LogP contribution is 2.24. The molecule has 0 aliphatic carbocycles. The summed E-state index contributed by atoms with van der Waals surface area (Å²) in [7, 11) is 1.60. The molecule has 8 nitrogen and oxygen atoms in total. The Hall–Kier alpha value is -2.61. The first kappa shape index (κ1) is 19.2. The number of amides is 2. The lowest BCUT2D eigenvalue weighted by Crippen LogP contribution is -2.48. The van der Waals surface area contributed by atoms with Crippen molar-refractivity contribution in [1.29, 1.82) is 0 Å². The number of nitrogens with zero attached hydrogens (tertiary/aromatic N) is 2. The minimum absolute atomic E-state index is 0.0421. The van der Waals surface area contributed by atoms with Crippen molar-refractivity contribution in [2.75, 3.05) is 33.4 Å². The van der Waals surface area contributed by atoms with Gasteiger partial charge in [0.15, 0.2) is 0 Å². The number of hydrogen-bond donors (Lipinski definition) is 1. The number of methoxy groups -OCH3 is 1. The quantitative estimate of drug-likeness (QED) is 0.787. The van der Waals surface area contributed by atoms with E-state index in [-0.39, 0.29) is 37.1 Å². The van der Waals surface area contributed by atoms with Gasteiger partial charge in [-0.1, -0.05) is 12.1 Å². The number of hydrogen-bond acceptors (Lipinski definition) is 5. The maximum absolute atomic E-state index is 12.8. The molecule has 2 aliphatic rings. The van der Waals surface area contributed by atoms with Crippen molar-refractivity contribution >= 4 is 17.8 Å². The van der Waals surface area contributed by atoms with Crippen molar-refractivity contribution in [3.63, 3.8) is 0 Å². The van der Waals surface area contributed by atoms with E-state index in [0.717, 1.165) is 11.3 Å². The van der Waals surface area contributed by atoms with E-state index in [2.05, 4.69) is 0 Å². The zero-order chi connectivity index (χ0) is 19.4. The number of benzene rings is 1. The average molecular weight is 376 g/mol. The van der Waals surface area contributed by atoms with Crippen LogP contribution in [0, 0.1) is 5.92 Å². The average Bonchev–Trinajstić information content (AvgIpc) is 3.02. The summed E-state index contributed by atoms with van der Waals surface area (Å²) in [6.07, 6.45) is -0.430. The second-order valence-electron chi connectivity index (χ2n) is 6.90. The molecule has 146 valence electrons. The van der Waals surface area contributed by atoms with Crippen molar-refractivity contribution < 1.29 is 29.0 Å². The summed E-state index contributed by atoms with van der Waals surface area (Å²) in [5.74, 6) is -0.725. The minimum Gasteiger partial charge on any atom is -0.497 e. The van der Waals surface area contributed by atoms with Crippen LogP contribution >= 0.6 is 0 Å². The molecule has 2 atom stereocenters. The fourth-order valence-electron chi connectivity index (χ4n) is 3.54. The summed E-state index contributed by atoms with van der Waals surface area (Å²) in [6, 6.07) is 7.49. The molecule has 2 fully saturated rings. The normalized spacial score (nSPS) is 22.8. The van der Waals surface area contributed by atoms with Crippen LogP contribution in [0.3, 0.4) is 0 Å². The van der Waals surface area contributed by atoms with Gasteiger partial charge in [-0.3, -0.25) is 14.4 Å². The summed E-state index contributed by atoms with van der Waals surface area (Å²) >= 11 is 0. The molecular formula is C19H24N2O6. The molecule has 2 amide bonds. The second-order valence-corrected chi connectivity index (χ2v) is 6.90. The number of carbonyl (C=O) groups is 3. The molecule has 1 aromatic carbocycles. The minimum atomic E-state index is -0.948. The topological polar surface area (TPSA) is 96.4 Å². The third kappa shape index (κ3) is 4.77. The molecule has 0 radical (unpaired) electrons. The molecule has 1 N–H and O–H groups in total. The Labute approximate surface area is 157 Å². The van der Waals surface area contributed by atoms with E-state index in [1.807, 2.05) is 24.3 Å². The van der Waals surface area contributed by atoms with Gasteiger partial charge < -0.3 is 24.4 Å². The van der Waals surface area contributed by atoms with Crippen LogP contribution < -0.4 is 4.74 Å². The van der Waals surface area contributed by atoms with Crippen molar-refractivity contribution in [2.45, 2.75) is 25.5 Å². The molecule has 27 heavy (non-hydrogen) atoms. The van der Waals surface area contributed by atoms with Crippen LogP contribution in [0.25, 0.3) is 0 Å². The highest BCUT2D eigenvalue weighted by molar-refractivity contribution is 5.89. The van der Waals surface area contributed by atoms with Gasteiger partial charge >= 0.3 is 5.97 Å². The molecule has 0 unspecified atom stereocenters. The first-order valence-electron chi connectivity index (χ1n) is 8.99. The first-order chi connectivity index (χ1) is 13.0. The zero-order valence-electron chi connectivity index (χ0n) is 15.3. The molecule has 2 heterocycles. The SMILES string of the molecule is COc1ccc(CN2C[C@@H](C(=O)N3CCO[C@H](CC(=O)O)C3)CC2=O)cc1. The number of carbonyl (C=O) groups excluding carboxylic acids is 2. The van der Waals surface area contributed by atoms with Crippen molar-refractivity contribution in [1.82, 2.24) is 9.80 Å². The van der Waals surface area contributed by atoms with E-state index in [1.54, 1.807) is 16.9 Å². The summed E-state index contributed by atoms with van der Waals surface area (Å²) in [5, 5.41) is 8.90. The van der Waals surface area contributed by atoms with Gasteiger partial charge in [0.2, 0.25) is 11.8 Å². The summed E-state index contributed by atoms with van der Waals surface area (Å²) < 4.78 is 10.5. The smallest absolute Gasteiger partial charge is 0.306 e. The largest absolute Gasteiger partial charge is 0.497 e. The molecule has 0 spiro atoms. The third-order valence-corrected chi connectivity index (χ3v) is 4.95. The lowest BCUT2D eigenvalue weighted by molar-refractivity contribution is -0.149. The number of likely N-dealkylation sites (tertiary alicyclic amines) is 1. The van der Waals surface area contributed by atoms with E-state index in [0.29, 0.717) is 26.2 Å². The summed E-state index contributed by atoms with van der Waals surface area (Å²) in [5.41, 5.74) is 0.977. The lowest BCUT2D eigenvalue weighted by Gasteiger charge is -2.33. The van der Waals surface area contributed by atoms with Gasteiger partial charge in [0.05, 0.1) is 32.2 Å². The van der Waals surface area contributed by atoms with Crippen molar-refractivity contribution in [3.05, 3.63) is 29.8 Å². The number of ether oxygens (including phenoxy) is 2. The molecule has 0 aromatic heterocycles. The highest BCUT2D eigenvalue weighted by atomic mass is 16.5. The van der Waals surface area contributed by atoms with Crippen LogP contribution in [0.5, 0.6) is 5.75 Å². The number of carboxylic acids is 1. The molecule has 0 bridgehead atoms. The van der Waals surface area contributed by atoms with Gasteiger partial charge in [0, 0.05) is 32.6 Å². The Morgan fingerprint density at radius 2 is 2.00 bits per heavy atom. The van der Waals surface area contributed by atoms with E-state index in [1.165, 1.54) is 0 Å². The summed E-state index contributed by atoms with van der Waals surface area (Å²) in [4.78, 5) is 39.3. The van der Waals surface area contributed by atoms with Gasteiger partial charge in [-0.2, -0.15) is 0 Å². The van der Waals surface area contributed by atoms with Crippen LogP contribution in [0.1, 0.15) is 18.4 Å². The van der Waals surface area contributed by atoms with E-state index in [4.69, 9.17) is 14.6 Å². The molecular weight excluding hydrogens is 352 g/mol. The second kappa shape index (κ2) is 8.39. The zero-order valence-corrected chi connectivity index (χ0v) is 15.3. The van der Waals surface area contributed by atoms with Crippen LogP contribution in [-0.2, 0) is 25.7 Å².